The van der Waals surface area contributed by atoms with E-state index in [-0.39, 0.29) is 65.4 Å². The third-order valence-corrected chi connectivity index (χ3v) is 6.74. The normalized spacial score (nSPS) is 9.54. The van der Waals surface area contributed by atoms with Gasteiger partial charge in [-0.05, 0) is 98.5 Å². The molecule has 0 aliphatic rings. The Labute approximate surface area is 359 Å². The fraction of sp³-hybridized carbons (Fsp3) is 0.200. The van der Waals surface area contributed by atoms with Crippen LogP contribution in [0.15, 0.2) is 103 Å². The van der Waals surface area contributed by atoms with Crippen LogP contribution in [0.1, 0.15) is 56.9 Å². The third kappa shape index (κ3) is 15.7. The first kappa shape index (κ1) is 46.1. The number of allylic oxidation sites excluding steroid dienone is 1. The maximum absolute atomic E-state index is 4.36. The van der Waals surface area contributed by atoms with Gasteiger partial charge in [-0.3, -0.25) is 0 Å². The first-order valence-electron chi connectivity index (χ1n) is 16.7. The molecular weight excluding hydrogens is 798 g/mol. The van der Waals surface area contributed by atoms with E-state index in [0.29, 0.717) is 23.8 Å². The van der Waals surface area contributed by atoms with Gasteiger partial charge in [-0.15, -0.1) is 0 Å². The molecule has 0 atom stereocenters. The van der Waals surface area contributed by atoms with E-state index in [1.54, 1.807) is 0 Å². The summed E-state index contributed by atoms with van der Waals surface area (Å²) in [5.41, 5.74) is 8.52. The predicted octanol–water partition coefficient (Wildman–Crippen LogP) is 10.3. The topological polar surface area (TPSA) is 125 Å². The van der Waals surface area contributed by atoms with Crippen LogP contribution in [0.4, 0.5) is 46.5 Å². The summed E-state index contributed by atoms with van der Waals surface area (Å²) in [7, 11) is 0. The Kier molecular flexibility index (Phi) is 23.0. The van der Waals surface area contributed by atoms with Crippen molar-refractivity contribution in [3.05, 3.63) is 138 Å². The largest absolute Gasteiger partial charge is 0.378 e. The van der Waals surface area contributed by atoms with E-state index in [9.17, 15) is 0 Å². The molecule has 2 radical (unpaired) electrons. The van der Waals surface area contributed by atoms with Crippen LogP contribution in [0.2, 0.25) is 0 Å². The van der Waals surface area contributed by atoms with Gasteiger partial charge >= 0.3 is 0 Å². The molecule has 6 rings (SSSR count). The van der Waals surface area contributed by atoms with Gasteiger partial charge in [0.2, 0.25) is 0 Å². The summed E-state index contributed by atoms with van der Waals surface area (Å²) in [6, 6.07) is 31.7. The number of rotatable bonds is 9. The van der Waals surface area contributed by atoms with Crippen molar-refractivity contribution >= 4 is 52.6 Å². The maximum Gasteiger partial charge on any atom is 0.115 e. The molecule has 52 heavy (non-hydrogen) atoms. The molecule has 12 heteroatoms. The van der Waals surface area contributed by atoms with Gasteiger partial charge in [-0.25, -0.2) is 0 Å². The van der Waals surface area contributed by atoms with Crippen molar-refractivity contribution in [3.8, 4) is 0 Å². The molecule has 0 aliphatic heterocycles. The van der Waals surface area contributed by atoms with Crippen LogP contribution in [0, 0.1) is 33.4 Å². The molecule has 6 aromatic rings. The summed E-state index contributed by atoms with van der Waals surface area (Å²) >= 11 is 0. The van der Waals surface area contributed by atoms with Gasteiger partial charge in [0.1, 0.15) is 23.8 Å². The summed E-state index contributed by atoms with van der Waals surface area (Å²) in [6.45, 7) is 16.2. The van der Waals surface area contributed by atoms with Gasteiger partial charge in [0.05, 0.1) is 0 Å². The van der Waals surface area contributed by atoms with Gasteiger partial charge in [0.25, 0.3) is 0 Å². The Morgan fingerprint density at radius 1 is 0.462 bits per heavy atom. The molecule has 2 aromatic heterocycles. The molecule has 0 bridgehead atoms. The van der Waals surface area contributed by atoms with Crippen LogP contribution in [0.3, 0.4) is 0 Å². The molecule has 2 heterocycles. The molecule has 264 valence electrons. The number of aryl methyl sites for hydroxylation is 3. The predicted molar refractivity (Wildman–Crippen MR) is 208 cm³/mol. The second-order valence-electron chi connectivity index (χ2n) is 10.3. The second kappa shape index (κ2) is 25.9. The van der Waals surface area contributed by atoms with Crippen molar-refractivity contribution in [2.24, 2.45) is 0 Å². The van der Waals surface area contributed by atoms with Gasteiger partial charge in [0.15, 0.2) is 0 Å². The number of para-hydroxylation sites is 2. The van der Waals surface area contributed by atoms with Gasteiger partial charge in [-0.1, -0.05) is 88.4 Å². The molecule has 0 fully saturated rings. The SMILES string of the molecule is C/C=C/c1ccc(Nc2n[c-]nc(Nc3ccccc3)n2)cc1C.CC.CC.Cc1ccc(Nc2n[c-]nc(Nc3ccccc3)n2)cc1C.[Y].[Y]. The molecule has 0 aliphatic carbocycles. The van der Waals surface area contributed by atoms with E-state index in [1.807, 2.05) is 113 Å². The molecule has 0 amide bonds. The standard InChI is InChI=1S/C19H18N5.C17H16N5.2C2H6.2Y/c1-3-7-15-10-11-17(12-14(15)2)23-19-21-13-20-18(24-19)22-16-8-5-4-6-9-16;1-12-8-9-15(10-13(12)2)21-17-19-11-18-16(22-17)20-14-6-4-3-5-7-14;2*1-2;;/h3-12H,1-2H3,(H2,20,21,22,23,24);3-10H,1-2H3,(H2,18,19,20,21,22);2*1-2H3;;/q2*-1;;;;/b7-3+;;;;;. The molecule has 0 saturated heterocycles. The molecular formula is C40H46N10Y2-2. The van der Waals surface area contributed by atoms with Crippen molar-refractivity contribution in [1.29, 1.82) is 0 Å². The summed E-state index contributed by atoms with van der Waals surface area (Å²) in [5, 5.41) is 12.6. The van der Waals surface area contributed by atoms with E-state index >= 15 is 0 Å². The van der Waals surface area contributed by atoms with E-state index < -0.39 is 0 Å². The number of hydrogen-bond donors (Lipinski definition) is 4. The van der Waals surface area contributed by atoms with Gasteiger partial charge < -0.3 is 51.2 Å². The number of anilines is 8. The van der Waals surface area contributed by atoms with Crippen molar-refractivity contribution in [1.82, 2.24) is 29.9 Å². The van der Waals surface area contributed by atoms with Crippen LogP contribution in [0.25, 0.3) is 6.08 Å². The number of hydrogen-bond acceptors (Lipinski definition) is 10. The van der Waals surface area contributed by atoms with E-state index in [2.05, 4.69) is 115 Å². The smallest absolute Gasteiger partial charge is 0.115 e. The van der Waals surface area contributed by atoms with Crippen LogP contribution in [0.5, 0.6) is 0 Å². The number of nitrogens with one attached hydrogen (secondary N) is 4. The van der Waals surface area contributed by atoms with E-state index in [4.69, 9.17) is 0 Å². The Morgan fingerprint density at radius 2 is 0.846 bits per heavy atom. The Morgan fingerprint density at radius 3 is 1.23 bits per heavy atom. The maximum atomic E-state index is 4.36. The minimum absolute atomic E-state index is 0. The van der Waals surface area contributed by atoms with Crippen molar-refractivity contribution in [3.63, 3.8) is 0 Å². The average molecular weight is 845 g/mol. The monoisotopic (exact) mass is 844 g/mol. The fourth-order valence-corrected chi connectivity index (χ4v) is 4.26. The van der Waals surface area contributed by atoms with Crippen molar-refractivity contribution < 1.29 is 65.4 Å². The average Bonchev–Trinajstić information content (AvgIpc) is 3.14. The summed E-state index contributed by atoms with van der Waals surface area (Å²) in [6.07, 6.45) is 9.33. The van der Waals surface area contributed by atoms with E-state index in [0.717, 1.165) is 22.7 Å². The number of aromatic nitrogens is 6. The van der Waals surface area contributed by atoms with Gasteiger partial charge in [0, 0.05) is 101 Å². The zero-order valence-corrected chi connectivity index (χ0v) is 36.9. The zero-order chi connectivity index (χ0) is 36.1. The quantitative estimate of drug-likeness (QED) is 0.105. The molecule has 10 nitrogen and oxygen atoms in total. The first-order chi connectivity index (χ1) is 24.4. The number of benzene rings is 4. The van der Waals surface area contributed by atoms with Crippen LogP contribution >= 0.6 is 0 Å². The third-order valence-electron chi connectivity index (χ3n) is 6.74. The Balaban J connectivity index is 0.000000460. The van der Waals surface area contributed by atoms with Crippen LogP contribution < -0.4 is 21.3 Å². The van der Waals surface area contributed by atoms with Crippen molar-refractivity contribution in [2.75, 3.05) is 21.3 Å². The Bertz CT molecular complexity index is 1910. The summed E-state index contributed by atoms with van der Waals surface area (Å²) in [5.74, 6) is 1.80. The molecule has 0 unspecified atom stereocenters. The van der Waals surface area contributed by atoms with Crippen LogP contribution in [-0.4, -0.2) is 29.9 Å². The van der Waals surface area contributed by atoms with Crippen LogP contribution in [-0.2, 0) is 65.4 Å². The molecule has 0 spiro atoms. The second-order valence-corrected chi connectivity index (χ2v) is 10.3. The Hall–Kier alpha value is -3.95. The van der Waals surface area contributed by atoms with E-state index in [1.165, 1.54) is 22.3 Å². The molecule has 4 N–H and O–H groups in total. The first-order valence-corrected chi connectivity index (χ1v) is 16.7. The minimum atomic E-state index is 0. The van der Waals surface area contributed by atoms with Gasteiger partial charge in [-0.2, -0.15) is 0 Å². The fourth-order valence-electron chi connectivity index (χ4n) is 4.26. The minimum Gasteiger partial charge on any atom is -0.378 e. The number of nitrogens with zero attached hydrogens (tertiary/aromatic N) is 6. The summed E-state index contributed by atoms with van der Waals surface area (Å²) < 4.78 is 0. The zero-order valence-electron chi connectivity index (χ0n) is 31.2. The van der Waals surface area contributed by atoms with Crippen molar-refractivity contribution in [2.45, 2.75) is 55.4 Å². The molecule has 0 saturated carbocycles. The molecule has 4 aromatic carbocycles. The summed E-state index contributed by atoms with van der Waals surface area (Å²) in [4.78, 5) is 24.8.